The fourth-order valence-electron chi connectivity index (χ4n) is 3.15. The van der Waals surface area contributed by atoms with Gasteiger partial charge < -0.3 is 5.32 Å². The molecule has 0 aliphatic heterocycles. The first kappa shape index (κ1) is 15.3. The molecule has 4 heteroatoms. The van der Waals surface area contributed by atoms with Gasteiger partial charge >= 0.3 is 0 Å². The lowest BCUT2D eigenvalue weighted by Crippen LogP contribution is -2.30. The van der Waals surface area contributed by atoms with Gasteiger partial charge in [-0.05, 0) is 42.9 Å². The third-order valence-electron chi connectivity index (χ3n) is 4.12. The number of hydrogen-bond donors (Lipinski definition) is 1. The zero-order chi connectivity index (χ0) is 14.8. The number of halogens is 2. The number of amides is 1. The molecular formula is C16H21ClFNO. The summed E-state index contributed by atoms with van der Waals surface area (Å²) in [6.45, 7) is 4.34. The van der Waals surface area contributed by atoms with Crippen molar-refractivity contribution >= 4 is 17.5 Å². The van der Waals surface area contributed by atoms with Crippen LogP contribution in [0.2, 0.25) is 5.02 Å². The van der Waals surface area contributed by atoms with Crippen LogP contribution in [0.15, 0.2) is 18.2 Å². The number of hydrogen-bond acceptors (Lipinski definition) is 1. The topological polar surface area (TPSA) is 29.1 Å². The summed E-state index contributed by atoms with van der Waals surface area (Å²) in [7, 11) is 0. The van der Waals surface area contributed by atoms with Crippen molar-refractivity contribution in [3.8, 4) is 0 Å². The van der Waals surface area contributed by atoms with Crippen molar-refractivity contribution in [2.75, 3.05) is 0 Å². The van der Waals surface area contributed by atoms with Crippen molar-refractivity contribution in [2.24, 2.45) is 5.41 Å². The molecule has 110 valence electrons. The van der Waals surface area contributed by atoms with Crippen LogP contribution in [0.3, 0.4) is 0 Å². The molecule has 0 spiro atoms. The molecule has 1 aliphatic carbocycles. The Bertz CT molecular complexity index is 477. The third kappa shape index (κ3) is 3.32. The molecule has 0 aromatic heterocycles. The summed E-state index contributed by atoms with van der Waals surface area (Å²) in [5, 5.41) is 3.27. The van der Waals surface area contributed by atoms with Crippen LogP contribution in [0, 0.1) is 11.2 Å². The molecular weight excluding hydrogens is 277 g/mol. The first-order valence-electron chi connectivity index (χ1n) is 7.27. The molecule has 0 heterocycles. The van der Waals surface area contributed by atoms with E-state index in [0.29, 0.717) is 5.56 Å². The highest BCUT2D eigenvalue weighted by molar-refractivity contribution is 6.31. The average Bonchev–Trinajstić information content (AvgIpc) is 3.01. The molecule has 1 atom stereocenters. The molecule has 2 nitrogen and oxygen atoms in total. The molecule has 1 aliphatic rings. The van der Waals surface area contributed by atoms with Crippen molar-refractivity contribution in [2.45, 2.75) is 52.0 Å². The van der Waals surface area contributed by atoms with Crippen LogP contribution in [-0.4, -0.2) is 11.9 Å². The lowest BCUT2D eigenvalue weighted by molar-refractivity contribution is 0.0943. The molecule has 2 rings (SSSR count). The summed E-state index contributed by atoms with van der Waals surface area (Å²) in [6.07, 6.45) is 5.55. The van der Waals surface area contributed by atoms with Gasteiger partial charge in [0.25, 0.3) is 5.91 Å². The van der Waals surface area contributed by atoms with Gasteiger partial charge in [-0.2, -0.15) is 0 Å². The van der Waals surface area contributed by atoms with Crippen molar-refractivity contribution in [3.05, 3.63) is 34.6 Å². The fraction of sp³-hybridized carbons (Fsp3) is 0.562. The molecule has 1 N–H and O–H groups in total. The normalized spacial score (nSPS) is 19.7. The standard InChI is InChI=1S/C16H21ClFNO/c1-3-5-16(6-4-2)10-14(16)19-15(20)11-7-12(17)9-13(18)8-11/h7-9,14H,3-6,10H2,1-2H3,(H,19,20). The van der Waals surface area contributed by atoms with E-state index < -0.39 is 5.82 Å². The molecule has 1 unspecified atom stereocenters. The Balaban J connectivity index is 2.02. The summed E-state index contributed by atoms with van der Waals surface area (Å²) in [6, 6.07) is 4.15. The highest BCUT2D eigenvalue weighted by Gasteiger charge is 2.52. The maximum absolute atomic E-state index is 13.3. The third-order valence-corrected chi connectivity index (χ3v) is 4.33. The predicted molar refractivity (Wildman–Crippen MR) is 79.5 cm³/mol. The molecule has 1 saturated carbocycles. The first-order valence-corrected chi connectivity index (χ1v) is 7.65. The fourth-order valence-corrected chi connectivity index (χ4v) is 3.37. The summed E-state index contributed by atoms with van der Waals surface area (Å²) in [4.78, 5) is 12.2. The number of rotatable bonds is 6. The Morgan fingerprint density at radius 1 is 1.35 bits per heavy atom. The van der Waals surface area contributed by atoms with E-state index in [1.165, 1.54) is 18.2 Å². The predicted octanol–water partition coefficient (Wildman–Crippen LogP) is 4.57. The molecule has 1 aromatic rings. The molecule has 0 saturated heterocycles. The summed E-state index contributed by atoms with van der Waals surface area (Å²) in [5.41, 5.74) is 0.555. The molecule has 1 fully saturated rings. The van der Waals surface area contributed by atoms with Crippen LogP contribution in [0.25, 0.3) is 0 Å². The van der Waals surface area contributed by atoms with Crippen LogP contribution in [0.4, 0.5) is 4.39 Å². The van der Waals surface area contributed by atoms with Gasteiger partial charge in [0.1, 0.15) is 5.82 Å². The smallest absolute Gasteiger partial charge is 0.251 e. The number of benzene rings is 1. The second-order valence-corrected chi connectivity index (χ2v) is 6.19. The minimum atomic E-state index is -0.480. The van der Waals surface area contributed by atoms with Crippen LogP contribution < -0.4 is 5.32 Å². The van der Waals surface area contributed by atoms with E-state index in [1.54, 1.807) is 0 Å². The van der Waals surface area contributed by atoms with Gasteiger partial charge in [-0.1, -0.05) is 38.3 Å². The molecule has 1 amide bonds. The van der Waals surface area contributed by atoms with Crippen LogP contribution in [0.5, 0.6) is 0 Å². The van der Waals surface area contributed by atoms with E-state index in [0.717, 1.165) is 32.1 Å². The maximum atomic E-state index is 13.3. The largest absolute Gasteiger partial charge is 0.349 e. The van der Waals surface area contributed by atoms with Crippen LogP contribution in [-0.2, 0) is 0 Å². The SMILES string of the molecule is CCCC1(CCC)CC1NC(=O)c1cc(F)cc(Cl)c1. The van der Waals surface area contributed by atoms with Crippen molar-refractivity contribution in [1.82, 2.24) is 5.32 Å². The minimum absolute atomic E-state index is 0.219. The lowest BCUT2D eigenvalue weighted by atomic mass is 9.94. The Morgan fingerprint density at radius 2 is 2.00 bits per heavy atom. The van der Waals surface area contributed by atoms with E-state index in [4.69, 9.17) is 11.6 Å². The van der Waals surface area contributed by atoms with Crippen LogP contribution in [0.1, 0.15) is 56.3 Å². The van der Waals surface area contributed by atoms with E-state index in [9.17, 15) is 9.18 Å². The Morgan fingerprint density at radius 3 is 2.55 bits per heavy atom. The van der Waals surface area contributed by atoms with Crippen molar-refractivity contribution in [1.29, 1.82) is 0 Å². The Kier molecular flexibility index (Phi) is 4.69. The highest BCUT2D eigenvalue weighted by atomic mass is 35.5. The summed E-state index contributed by atoms with van der Waals surface area (Å²) < 4.78 is 13.3. The second-order valence-electron chi connectivity index (χ2n) is 5.75. The van der Waals surface area contributed by atoms with Crippen molar-refractivity contribution in [3.63, 3.8) is 0 Å². The van der Waals surface area contributed by atoms with Gasteiger partial charge in [-0.15, -0.1) is 0 Å². The quantitative estimate of drug-likeness (QED) is 0.819. The van der Waals surface area contributed by atoms with Gasteiger partial charge in [0.05, 0.1) is 0 Å². The first-order chi connectivity index (χ1) is 9.50. The van der Waals surface area contributed by atoms with E-state index >= 15 is 0 Å². The van der Waals surface area contributed by atoms with Gasteiger partial charge in [-0.3, -0.25) is 4.79 Å². The number of carbonyl (C=O) groups excluding carboxylic acids is 1. The summed E-state index contributed by atoms with van der Waals surface area (Å²) >= 11 is 5.78. The number of nitrogens with one attached hydrogen (secondary N) is 1. The molecule has 0 bridgehead atoms. The zero-order valence-corrected chi connectivity index (χ0v) is 12.8. The lowest BCUT2D eigenvalue weighted by Gasteiger charge is -2.16. The monoisotopic (exact) mass is 297 g/mol. The Labute approximate surface area is 124 Å². The van der Waals surface area contributed by atoms with Gasteiger partial charge in [0, 0.05) is 16.6 Å². The summed E-state index contributed by atoms with van der Waals surface area (Å²) in [5.74, 6) is -0.711. The van der Waals surface area contributed by atoms with Gasteiger partial charge in [-0.25, -0.2) is 4.39 Å². The second kappa shape index (κ2) is 6.13. The van der Waals surface area contributed by atoms with Gasteiger partial charge in [0.2, 0.25) is 0 Å². The number of carbonyl (C=O) groups is 1. The molecule has 0 radical (unpaired) electrons. The minimum Gasteiger partial charge on any atom is -0.349 e. The average molecular weight is 298 g/mol. The van der Waals surface area contributed by atoms with E-state index in [2.05, 4.69) is 19.2 Å². The van der Waals surface area contributed by atoms with Crippen molar-refractivity contribution < 1.29 is 9.18 Å². The zero-order valence-electron chi connectivity index (χ0n) is 12.0. The maximum Gasteiger partial charge on any atom is 0.251 e. The molecule has 1 aromatic carbocycles. The van der Waals surface area contributed by atoms with Crippen LogP contribution >= 0.6 is 11.6 Å². The van der Waals surface area contributed by atoms with E-state index in [-0.39, 0.29) is 22.4 Å². The van der Waals surface area contributed by atoms with Gasteiger partial charge in [0.15, 0.2) is 0 Å². The van der Waals surface area contributed by atoms with E-state index in [1.807, 2.05) is 0 Å². The molecule has 20 heavy (non-hydrogen) atoms. The highest BCUT2D eigenvalue weighted by Crippen LogP contribution is 2.53. The Hall–Kier alpha value is -1.09.